The molecule has 1 amide bonds. The van der Waals surface area contributed by atoms with E-state index in [1.165, 1.54) is 6.92 Å². The Morgan fingerprint density at radius 1 is 1.15 bits per heavy atom. The van der Waals surface area contributed by atoms with Gasteiger partial charge in [0.2, 0.25) is 0 Å². The number of para-hydroxylation sites is 1. The van der Waals surface area contributed by atoms with E-state index >= 15 is 0 Å². The van der Waals surface area contributed by atoms with Gasteiger partial charge in [0, 0.05) is 16.6 Å². The van der Waals surface area contributed by atoms with Crippen molar-refractivity contribution in [3.63, 3.8) is 0 Å². The van der Waals surface area contributed by atoms with E-state index < -0.39 is 18.0 Å². The fourth-order valence-electron chi connectivity index (χ4n) is 2.63. The predicted octanol–water partition coefficient (Wildman–Crippen LogP) is 4.62. The molecule has 0 aliphatic carbocycles. The Kier molecular flexibility index (Phi) is 5.00. The fraction of sp³-hybridized carbons (Fsp3) is 0.200. The number of hydrogen-bond acceptors (Lipinski definition) is 3. The van der Waals surface area contributed by atoms with Crippen molar-refractivity contribution >= 4 is 40.1 Å². The SMILES string of the molecule is Cc1ccc(C)c(NC(=O)C(C)OC(=O)c2[nH]c3ccccc3c2Cl)c1. The van der Waals surface area contributed by atoms with Crippen LogP contribution in [-0.2, 0) is 9.53 Å². The van der Waals surface area contributed by atoms with Crippen molar-refractivity contribution in [1.29, 1.82) is 0 Å². The third-order valence-corrected chi connectivity index (χ3v) is 4.54. The minimum Gasteiger partial charge on any atom is -0.448 e. The molecule has 6 heteroatoms. The fourth-order valence-corrected chi connectivity index (χ4v) is 2.92. The molecule has 0 aliphatic heterocycles. The van der Waals surface area contributed by atoms with Gasteiger partial charge in [-0.3, -0.25) is 4.79 Å². The average Bonchev–Trinajstić information content (AvgIpc) is 2.95. The molecular weight excluding hydrogens is 352 g/mol. The van der Waals surface area contributed by atoms with Crippen LogP contribution in [0.25, 0.3) is 10.9 Å². The Bertz CT molecular complexity index is 994. The molecule has 0 fully saturated rings. The lowest BCUT2D eigenvalue weighted by Gasteiger charge is -2.15. The molecule has 1 heterocycles. The summed E-state index contributed by atoms with van der Waals surface area (Å²) in [6.07, 6.45) is -0.968. The van der Waals surface area contributed by atoms with Gasteiger partial charge in [0.25, 0.3) is 5.91 Å². The normalized spacial score (nSPS) is 12.0. The first-order valence-electron chi connectivity index (χ1n) is 8.22. The van der Waals surface area contributed by atoms with Gasteiger partial charge >= 0.3 is 5.97 Å². The molecule has 0 radical (unpaired) electrons. The van der Waals surface area contributed by atoms with Crippen LogP contribution in [0.5, 0.6) is 0 Å². The zero-order valence-corrected chi connectivity index (χ0v) is 15.5. The van der Waals surface area contributed by atoms with Crippen LogP contribution in [0.15, 0.2) is 42.5 Å². The number of H-pyrrole nitrogens is 1. The summed E-state index contributed by atoms with van der Waals surface area (Å²) >= 11 is 6.25. The van der Waals surface area contributed by atoms with E-state index in [1.54, 1.807) is 0 Å². The number of aryl methyl sites for hydroxylation is 2. The molecule has 2 N–H and O–H groups in total. The van der Waals surface area contributed by atoms with Crippen LogP contribution in [0.3, 0.4) is 0 Å². The molecule has 134 valence electrons. The second kappa shape index (κ2) is 7.22. The van der Waals surface area contributed by atoms with E-state index in [0.717, 1.165) is 22.0 Å². The molecule has 0 bridgehead atoms. The van der Waals surface area contributed by atoms with Crippen LogP contribution < -0.4 is 5.32 Å². The molecule has 26 heavy (non-hydrogen) atoms. The van der Waals surface area contributed by atoms with E-state index in [1.807, 2.05) is 56.3 Å². The first-order chi connectivity index (χ1) is 12.4. The third kappa shape index (κ3) is 3.58. The molecule has 0 saturated heterocycles. The van der Waals surface area contributed by atoms with Crippen LogP contribution in [0.4, 0.5) is 5.69 Å². The topological polar surface area (TPSA) is 71.2 Å². The number of aromatic amines is 1. The number of carbonyl (C=O) groups excluding carboxylic acids is 2. The summed E-state index contributed by atoms with van der Waals surface area (Å²) in [5, 5.41) is 3.80. The highest BCUT2D eigenvalue weighted by Crippen LogP contribution is 2.28. The van der Waals surface area contributed by atoms with E-state index in [0.29, 0.717) is 5.69 Å². The summed E-state index contributed by atoms with van der Waals surface area (Å²) < 4.78 is 5.28. The maximum absolute atomic E-state index is 12.4. The lowest BCUT2D eigenvalue weighted by atomic mass is 10.1. The molecule has 2 aromatic carbocycles. The van der Waals surface area contributed by atoms with Gasteiger partial charge in [-0.25, -0.2) is 4.79 Å². The number of esters is 1. The zero-order valence-electron chi connectivity index (χ0n) is 14.7. The van der Waals surface area contributed by atoms with Crippen molar-refractivity contribution in [1.82, 2.24) is 4.98 Å². The average molecular weight is 371 g/mol. The van der Waals surface area contributed by atoms with Crippen LogP contribution >= 0.6 is 11.6 Å². The zero-order chi connectivity index (χ0) is 18.8. The smallest absolute Gasteiger partial charge is 0.357 e. The molecule has 3 aromatic rings. The summed E-state index contributed by atoms with van der Waals surface area (Å²) in [7, 11) is 0. The van der Waals surface area contributed by atoms with Crippen LogP contribution in [0.2, 0.25) is 5.02 Å². The first kappa shape index (κ1) is 18.0. The van der Waals surface area contributed by atoms with Gasteiger partial charge in [0.1, 0.15) is 5.69 Å². The Hall–Kier alpha value is -2.79. The van der Waals surface area contributed by atoms with Crippen molar-refractivity contribution in [3.05, 3.63) is 64.3 Å². The van der Waals surface area contributed by atoms with E-state index in [4.69, 9.17) is 16.3 Å². The molecule has 1 unspecified atom stereocenters. The number of hydrogen-bond donors (Lipinski definition) is 2. The van der Waals surface area contributed by atoms with Gasteiger partial charge < -0.3 is 15.0 Å². The van der Waals surface area contributed by atoms with Crippen molar-refractivity contribution in [2.24, 2.45) is 0 Å². The molecule has 5 nitrogen and oxygen atoms in total. The molecule has 3 rings (SSSR count). The molecule has 0 aliphatic rings. The van der Waals surface area contributed by atoms with Gasteiger partial charge in [-0.05, 0) is 44.0 Å². The van der Waals surface area contributed by atoms with Crippen molar-refractivity contribution in [3.8, 4) is 0 Å². The van der Waals surface area contributed by atoms with Gasteiger partial charge in [-0.15, -0.1) is 0 Å². The van der Waals surface area contributed by atoms with Crippen LogP contribution in [-0.4, -0.2) is 23.0 Å². The summed E-state index contributed by atoms with van der Waals surface area (Å²) in [6.45, 7) is 5.36. The monoisotopic (exact) mass is 370 g/mol. The highest BCUT2D eigenvalue weighted by Gasteiger charge is 2.23. The van der Waals surface area contributed by atoms with Gasteiger partial charge in [0.05, 0.1) is 5.02 Å². The Morgan fingerprint density at radius 3 is 2.62 bits per heavy atom. The predicted molar refractivity (Wildman–Crippen MR) is 103 cm³/mol. The van der Waals surface area contributed by atoms with Gasteiger partial charge in [-0.1, -0.05) is 41.9 Å². The number of carbonyl (C=O) groups is 2. The van der Waals surface area contributed by atoms with Crippen LogP contribution in [0, 0.1) is 13.8 Å². The molecular formula is C20H19ClN2O3. The lowest BCUT2D eigenvalue weighted by molar-refractivity contribution is -0.123. The van der Waals surface area contributed by atoms with E-state index in [2.05, 4.69) is 10.3 Å². The lowest BCUT2D eigenvalue weighted by Crippen LogP contribution is -2.30. The Labute approximate surface area is 156 Å². The van der Waals surface area contributed by atoms with Crippen molar-refractivity contribution in [2.75, 3.05) is 5.32 Å². The van der Waals surface area contributed by atoms with Crippen molar-refractivity contribution in [2.45, 2.75) is 26.9 Å². The number of anilines is 1. The van der Waals surface area contributed by atoms with Crippen molar-refractivity contribution < 1.29 is 14.3 Å². The van der Waals surface area contributed by atoms with Crippen LogP contribution in [0.1, 0.15) is 28.5 Å². The summed E-state index contributed by atoms with van der Waals surface area (Å²) in [4.78, 5) is 27.7. The minimum absolute atomic E-state index is 0.138. The summed E-state index contributed by atoms with van der Waals surface area (Å²) in [5.41, 5.74) is 3.53. The number of halogens is 1. The van der Waals surface area contributed by atoms with Gasteiger partial charge in [-0.2, -0.15) is 0 Å². The number of ether oxygens (including phenoxy) is 1. The number of fused-ring (bicyclic) bond motifs is 1. The standard InChI is InChI=1S/C20H19ClN2O3/c1-11-8-9-12(2)16(10-11)23-19(24)13(3)26-20(25)18-17(21)14-6-4-5-7-15(14)22-18/h4-10,13,22H,1-3H3,(H,23,24). The summed E-state index contributed by atoms with van der Waals surface area (Å²) in [6, 6.07) is 13.0. The number of amides is 1. The highest BCUT2D eigenvalue weighted by molar-refractivity contribution is 6.38. The first-order valence-corrected chi connectivity index (χ1v) is 8.60. The Morgan fingerprint density at radius 2 is 1.88 bits per heavy atom. The highest BCUT2D eigenvalue weighted by atomic mass is 35.5. The summed E-state index contributed by atoms with van der Waals surface area (Å²) in [5.74, 6) is -1.07. The van der Waals surface area contributed by atoms with Gasteiger partial charge in [0.15, 0.2) is 6.10 Å². The molecule has 0 saturated carbocycles. The van der Waals surface area contributed by atoms with E-state index in [9.17, 15) is 9.59 Å². The number of aromatic nitrogens is 1. The molecule has 1 atom stereocenters. The maximum atomic E-state index is 12.4. The second-order valence-corrected chi connectivity index (χ2v) is 6.59. The number of rotatable bonds is 4. The molecule has 1 aromatic heterocycles. The Balaban J connectivity index is 1.73. The maximum Gasteiger partial charge on any atom is 0.357 e. The number of nitrogens with one attached hydrogen (secondary N) is 2. The largest absolute Gasteiger partial charge is 0.448 e. The third-order valence-electron chi connectivity index (χ3n) is 4.15. The molecule has 0 spiro atoms. The second-order valence-electron chi connectivity index (χ2n) is 6.21. The number of benzene rings is 2. The quantitative estimate of drug-likeness (QED) is 0.658. The van der Waals surface area contributed by atoms with E-state index in [-0.39, 0.29) is 10.7 Å². The minimum atomic E-state index is -0.968.